The predicted molar refractivity (Wildman–Crippen MR) is 464 cm³/mol. The Labute approximate surface area is 675 Å². The van der Waals surface area contributed by atoms with Crippen LogP contribution in [0.15, 0.2) is 48.6 Å². The van der Waals surface area contributed by atoms with Gasteiger partial charge in [0.15, 0.2) is 6.10 Å². The van der Waals surface area contributed by atoms with Crippen LogP contribution in [0.4, 0.5) is 0 Å². The Bertz CT molecular complexity index is 1920. The molecule has 0 bridgehead atoms. The molecule has 12 nitrogen and oxygen atoms in total. The van der Waals surface area contributed by atoms with Gasteiger partial charge in [-0.15, -0.1) is 0 Å². The van der Waals surface area contributed by atoms with Crippen molar-refractivity contribution in [3.8, 4) is 0 Å². The van der Waals surface area contributed by atoms with Crippen LogP contribution in [-0.2, 0) is 57.2 Å². The number of unbranched alkanes of at least 4 members (excludes halogenated alkanes) is 58. The summed E-state index contributed by atoms with van der Waals surface area (Å²) < 4.78 is 30.7. The standard InChI is InChI=1S/C57H104O6.C21H40O4.C19H36O2/c1-4-7-10-13-16-19-22-25-28-31-34-37-40-43-46-49-55(58)61-52-54(63-57(60)51-48-45-42-39-36-33-30-27-24-21-18-15-12-9-6-3)53-62-56(59)50-47-44-41-38-35-32-29-26-23-20-17-14-11-8-5-2;1-24-20(22)18-16-14-12-10-8-6-4-3-5-7-9-11-13-15-17-19-21(23)25-2;1-3-4-5-6-7-8-9-10-11-12-13-14-15-16-17-18-19(20)21-2/h25-30,54H,4-24,31-53H2,1-3H3;3-19H2,1-2H3;10-11H,3-9,12-18H2,1-2H3/b28-25-,29-26-,30-27-;;11-10-. The van der Waals surface area contributed by atoms with Crippen LogP contribution < -0.4 is 0 Å². The van der Waals surface area contributed by atoms with E-state index in [-0.39, 0.29) is 49.0 Å². The minimum atomic E-state index is -0.781. The average Bonchev–Trinajstić information content (AvgIpc) is 0.957. The highest BCUT2D eigenvalue weighted by atomic mass is 16.6. The summed E-state index contributed by atoms with van der Waals surface area (Å²) in [6.07, 6.45) is 103. The molecule has 0 aliphatic rings. The van der Waals surface area contributed by atoms with Crippen LogP contribution in [0.1, 0.15) is 496 Å². The summed E-state index contributed by atoms with van der Waals surface area (Å²) in [5.41, 5.74) is 0. The van der Waals surface area contributed by atoms with Gasteiger partial charge in [-0.25, -0.2) is 0 Å². The van der Waals surface area contributed by atoms with E-state index >= 15 is 0 Å². The molecule has 0 amide bonds. The molecular weight excluding hydrogens is 1360 g/mol. The molecule has 0 aliphatic heterocycles. The summed E-state index contributed by atoms with van der Waals surface area (Å²) in [7, 11) is 4.37. The highest BCUT2D eigenvalue weighted by Crippen LogP contribution is 2.19. The Morgan fingerprint density at radius 3 is 0.514 bits per heavy atom. The molecule has 0 radical (unpaired) electrons. The van der Waals surface area contributed by atoms with Crippen LogP contribution in [0, 0.1) is 0 Å². The Hall–Kier alpha value is -4.22. The minimum absolute atomic E-state index is 0.0763. The molecule has 0 atom stereocenters. The normalized spacial score (nSPS) is 11.4. The van der Waals surface area contributed by atoms with Crippen LogP contribution in [0.3, 0.4) is 0 Å². The Balaban J connectivity index is -0.00000197. The van der Waals surface area contributed by atoms with E-state index in [2.05, 4.69) is 90.5 Å². The summed E-state index contributed by atoms with van der Waals surface area (Å²) in [5.74, 6) is -1.13. The molecule has 0 fully saturated rings. The number of carbonyl (C=O) groups excluding carboxylic acids is 6. The first-order valence-electron chi connectivity index (χ1n) is 46.9. The highest BCUT2D eigenvalue weighted by molar-refractivity contribution is 5.71. The number of hydrogen-bond donors (Lipinski definition) is 0. The Morgan fingerprint density at radius 2 is 0.339 bits per heavy atom. The van der Waals surface area contributed by atoms with E-state index in [0.29, 0.717) is 38.5 Å². The van der Waals surface area contributed by atoms with E-state index in [0.717, 1.165) is 116 Å². The van der Waals surface area contributed by atoms with Crippen LogP contribution in [0.25, 0.3) is 0 Å². The number of esters is 6. The first-order valence-corrected chi connectivity index (χ1v) is 46.9. The molecule has 0 rings (SSSR count). The van der Waals surface area contributed by atoms with Crippen molar-refractivity contribution >= 4 is 35.8 Å². The SMILES string of the molecule is CCCCCCCC/C=C\CCCCCCCC(=O)OC.CCCCCCCC/C=C\CCCCCCCC(=O)OCC(COC(=O)CCCCCCC/C=C\CCCCCCCC)OC(=O)CCCCCCC/C=C\CCCCCCCC.COC(=O)CCCCCCCCCCCCCCCCCC(=O)OC. The molecular formula is C97H180O12. The van der Waals surface area contributed by atoms with Crippen molar-refractivity contribution in [3.05, 3.63) is 48.6 Å². The van der Waals surface area contributed by atoms with Gasteiger partial charge in [-0.1, -0.05) is 365 Å². The lowest BCUT2D eigenvalue weighted by Crippen LogP contribution is -2.30. The molecule has 12 heteroatoms. The van der Waals surface area contributed by atoms with Gasteiger partial charge in [-0.05, 0) is 141 Å². The molecule has 0 saturated carbocycles. The summed E-state index contributed by atoms with van der Waals surface area (Å²) in [5, 5.41) is 0. The molecule has 0 aromatic heterocycles. The van der Waals surface area contributed by atoms with Crippen molar-refractivity contribution in [2.75, 3.05) is 34.5 Å². The predicted octanol–water partition coefficient (Wildman–Crippen LogP) is 30.3. The second-order valence-corrected chi connectivity index (χ2v) is 31.3. The number of hydrogen-bond acceptors (Lipinski definition) is 12. The molecule has 0 unspecified atom stereocenters. The molecule has 0 N–H and O–H groups in total. The Morgan fingerprint density at radius 1 is 0.193 bits per heavy atom. The molecule has 640 valence electrons. The van der Waals surface area contributed by atoms with Gasteiger partial charge in [0.05, 0.1) is 21.3 Å². The molecule has 0 spiro atoms. The van der Waals surface area contributed by atoms with Gasteiger partial charge in [-0.2, -0.15) is 0 Å². The fourth-order valence-corrected chi connectivity index (χ4v) is 13.4. The van der Waals surface area contributed by atoms with Gasteiger partial charge in [0.25, 0.3) is 0 Å². The number of carbonyl (C=O) groups is 6. The number of methoxy groups -OCH3 is 3. The topological polar surface area (TPSA) is 158 Å². The summed E-state index contributed by atoms with van der Waals surface area (Å²) >= 11 is 0. The summed E-state index contributed by atoms with van der Waals surface area (Å²) in [6.45, 7) is 8.89. The van der Waals surface area contributed by atoms with E-state index in [1.165, 1.54) is 336 Å². The van der Waals surface area contributed by atoms with Crippen LogP contribution in [-0.4, -0.2) is 76.5 Å². The van der Waals surface area contributed by atoms with E-state index in [9.17, 15) is 28.8 Å². The lowest BCUT2D eigenvalue weighted by atomic mass is 10.0. The molecule has 109 heavy (non-hydrogen) atoms. The quantitative estimate of drug-likeness (QED) is 0.0246. The second kappa shape index (κ2) is 98.0. The van der Waals surface area contributed by atoms with E-state index < -0.39 is 6.10 Å². The monoisotopic (exact) mass is 1540 g/mol. The smallest absolute Gasteiger partial charge is 0.306 e. The summed E-state index contributed by atoms with van der Waals surface area (Å²) in [4.78, 5) is 70.9. The third-order valence-electron chi connectivity index (χ3n) is 20.7. The lowest BCUT2D eigenvalue weighted by Gasteiger charge is -2.18. The highest BCUT2D eigenvalue weighted by Gasteiger charge is 2.20. The molecule has 0 aliphatic carbocycles. The van der Waals surface area contributed by atoms with Crippen molar-refractivity contribution < 1.29 is 57.2 Å². The molecule has 0 saturated heterocycles. The number of rotatable bonds is 83. The van der Waals surface area contributed by atoms with E-state index in [4.69, 9.17) is 14.2 Å². The zero-order chi connectivity index (χ0) is 80.0. The van der Waals surface area contributed by atoms with Crippen LogP contribution in [0.2, 0.25) is 0 Å². The van der Waals surface area contributed by atoms with Gasteiger partial charge >= 0.3 is 35.8 Å². The molecule has 0 aromatic rings. The van der Waals surface area contributed by atoms with E-state index in [1.54, 1.807) is 0 Å². The maximum absolute atomic E-state index is 12.8. The van der Waals surface area contributed by atoms with Gasteiger partial charge in [0, 0.05) is 38.5 Å². The maximum atomic E-state index is 12.8. The fourth-order valence-electron chi connectivity index (χ4n) is 13.4. The zero-order valence-corrected chi connectivity index (χ0v) is 73.1. The first-order chi connectivity index (χ1) is 53.5. The fraction of sp³-hybridized carbons (Fsp3) is 0.856. The van der Waals surface area contributed by atoms with Crippen molar-refractivity contribution in [1.29, 1.82) is 0 Å². The number of ether oxygens (including phenoxy) is 6. The molecule has 0 aromatic carbocycles. The largest absolute Gasteiger partial charge is 0.469 e. The van der Waals surface area contributed by atoms with Gasteiger partial charge in [-0.3, -0.25) is 28.8 Å². The third-order valence-corrected chi connectivity index (χ3v) is 20.7. The average molecular weight is 1540 g/mol. The van der Waals surface area contributed by atoms with Crippen molar-refractivity contribution in [2.24, 2.45) is 0 Å². The van der Waals surface area contributed by atoms with Crippen LogP contribution >= 0.6 is 0 Å². The first kappa shape index (κ1) is 109. The number of allylic oxidation sites excluding steroid dienone is 8. The van der Waals surface area contributed by atoms with E-state index in [1.807, 2.05) is 0 Å². The van der Waals surface area contributed by atoms with Gasteiger partial charge in [0.1, 0.15) is 13.2 Å². The molecule has 0 heterocycles. The van der Waals surface area contributed by atoms with Gasteiger partial charge in [0.2, 0.25) is 0 Å². The van der Waals surface area contributed by atoms with Crippen molar-refractivity contribution in [1.82, 2.24) is 0 Å². The lowest BCUT2D eigenvalue weighted by molar-refractivity contribution is -0.167. The van der Waals surface area contributed by atoms with Crippen LogP contribution in [0.5, 0.6) is 0 Å². The second-order valence-electron chi connectivity index (χ2n) is 31.3. The Kier molecular flexibility index (Phi) is 97.9. The van der Waals surface area contributed by atoms with Gasteiger partial charge < -0.3 is 28.4 Å². The minimum Gasteiger partial charge on any atom is -0.469 e. The summed E-state index contributed by atoms with van der Waals surface area (Å²) in [6, 6.07) is 0. The zero-order valence-electron chi connectivity index (χ0n) is 73.1. The van der Waals surface area contributed by atoms with Crippen molar-refractivity contribution in [3.63, 3.8) is 0 Å². The van der Waals surface area contributed by atoms with Crippen molar-refractivity contribution in [2.45, 2.75) is 503 Å². The third kappa shape index (κ3) is 99.8. The maximum Gasteiger partial charge on any atom is 0.306 e.